The number of rotatable bonds is 5. The molecule has 0 spiro atoms. The Morgan fingerprint density at radius 3 is 2.56 bits per heavy atom. The van der Waals surface area contributed by atoms with Crippen LogP contribution in [0.2, 0.25) is 0 Å². The Labute approximate surface area is 144 Å². The van der Waals surface area contributed by atoms with E-state index in [9.17, 15) is 10.1 Å². The molecule has 2 heterocycles. The lowest BCUT2D eigenvalue weighted by atomic mass is 10.1. The molecular formula is C18H15N5O2. The van der Waals surface area contributed by atoms with Gasteiger partial charge in [-0.2, -0.15) is 5.26 Å². The Balaban J connectivity index is 2.03. The molecule has 7 nitrogen and oxygen atoms in total. The van der Waals surface area contributed by atoms with E-state index in [4.69, 9.17) is 4.74 Å². The van der Waals surface area contributed by atoms with E-state index >= 15 is 0 Å². The molecule has 1 aromatic carbocycles. The molecule has 3 rings (SSSR count). The molecule has 0 saturated heterocycles. The summed E-state index contributed by atoms with van der Waals surface area (Å²) in [6.07, 6.45) is 1.69. The quantitative estimate of drug-likeness (QED) is 0.715. The van der Waals surface area contributed by atoms with Gasteiger partial charge in [0.2, 0.25) is 0 Å². The summed E-state index contributed by atoms with van der Waals surface area (Å²) in [5.41, 5.74) is 2.31. The van der Waals surface area contributed by atoms with Crippen molar-refractivity contribution in [1.29, 1.82) is 5.26 Å². The largest absolute Gasteiger partial charge is 0.468 e. The third kappa shape index (κ3) is 3.53. The van der Waals surface area contributed by atoms with E-state index in [1.54, 1.807) is 12.3 Å². The SMILES string of the molecule is COC(=O)[C@@H](C#N)c1nc2ccccc2nc1NCc1ccccn1. The average Bonchev–Trinajstić information content (AvgIpc) is 2.67. The molecule has 0 saturated carbocycles. The smallest absolute Gasteiger partial charge is 0.329 e. The van der Waals surface area contributed by atoms with Crippen LogP contribution in [0.1, 0.15) is 17.3 Å². The van der Waals surface area contributed by atoms with Crippen molar-refractivity contribution in [3.8, 4) is 6.07 Å². The summed E-state index contributed by atoms with van der Waals surface area (Å²) in [7, 11) is 1.24. The van der Waals surface area contributed by atoms with Crippen molar-refractivity contribution < 1.29 is 9.53 Å². The van der Waals surface area contributed by atoms with E-state index in [0.29, 0.717) is 23.4 Å². The molecule has 7 heteroatoms. The normalized spacial score (nSPS) is 11.5. The first kappa shape index (κ1) is 16.3. The molecule has 1 N–H and O–H groups in total. The first-order valence-electron chi connectivity index (χ1n) is 7.61. The number of ether oxygens (including phenoxy) is 1. The topological polar surface area (TPSA) is 101 Å². The van der Waals surface area contributed by atoms with Gasteiger partial charge in [0.05, 0.1) is 36.5 Å². The molecule has 0 unspecified atom stereocenters. The van der Waals surface area contributed by atoms with Crippen LogP contribution in [0.5, 0.6) is 0 Å². The predicted octanol–water partition coefficient (Wildman–Crippen LogP) is 2.42. The fraction of sp³-hybridized carbons (Fsp3) is 0.167. The Morgan fingerprint density at radius 2 is 1.92 bits per heavy atom. The number of benzene rings is 1. The summed E-state index contributed by atoms with van der Waals surface area (Å²) in [6.45, 7) is 0.389. The van der Waals surface area contributed by atoms with Crippen molar-refractivity contribution in [3.05, 3.63) is 60.0 Å². The number of anilines is 1. The number of para-hydroxylation sites is 2. The molecule has 3 aromatic rings. The predicted molar refractivity (Wildman–Crippen MR) is 91.5 cm³/mol. The van der Waals surface area contributed by atoms with Gasteiger partial charge in [0, 0.05) is 6.20 Å². The minimum absolute atomic E-state index is 0.240. The van der Waals surface area contributed by atoms with Crippen molar-refractivity contribution in [2.45, 2.75) is 12.5 Å². The summed E-state index contributed by atoms with van der Waals surface area (Å²) in [5.74, 6) is -1.47. The van der Waals surface area contributed by atoms with Crippen LogP contribution in [-0.4, -0.2) is 28.0 Å². The van der Waals surface area contributed by atoms with Gasteiger partial charge in [-0.1, -0.05) is 18.2 Å². The highest BCUT2D eigenvalue weighted by Gasteiger charge is 2.27. The van der Waals surface area contributed by atoms with Crippen LogP contribution in [0.3, 0.4) is 0 Å². The fourth-order valence-corrected chi connectivity index (χ4v) is 2.37. The van der Waals surface area contributed by atoms with E-state index < -0.39 is 11.9 Å². The number of hydrogen-bond acceptors (Lipinski definition) is 7. The number of pyridine rings is 1. The van der Waals surface area contributed by atoms with Gasteiger partial charge in [0.25, 0.3) is 0 Å². The molecule has 0 aliphatic carbocycles. The Hall–Kier alpha value is -3.53. The van der Waals surface area contributed by atoms with Crippen LogP contribution >= 0.6 is 0 Å². The van der Waals surface area contributed by atoms with Crippen LogP contribution in [0.25, 0.3) is 11.0 Å². The van der Waals surface area contributed by atoms with Crippen molar-refractivity contribution >= 4 is 22.8 Å². The van der Waals surface area contributed by atoms with Crippen molar-refractivity contribution in [2.24, 2.45) is 0 Å². The number of nitrogens with zero attached hydrogens (tertiary/aromatic N) is 4. The van der Waals surface area contributed by atoms with Crippen LogP contribution in [-0.2, 0) is 16.1 Å². The number of esters is 1. The Morgan fingerprint density at radius 1 is 1.20 bits per heavy atom. The van der Waals surface area contributed by atoms with Gasteiger partial charge in [0.15, 0.2) is 11.7 Å². The number of nitriles is 1. The summed E-state index contributed by atoms with van der Waals surface area (Å²) >= 11 is 0. The van der Waals surface area contributed by atoms with Crippen LogP contribution < -0.4 is 5.32 Å². The van der Waals surface area contributed by atoms with Gasteiger partial charge >= 0.3 is 5.97 Å². The highest BCUT2D eigenvalue weighted by molar-refractivity contribution is 5.84. The molecule has 2 aromatic heterocycles. The first-order valence-corrected chi connectivity index (χ1v) is 7.61. The van der Waals surface area contributed by atoms with Crippen LogP contribution in [0.15, 0.2) is 48.7 Å². The zero-order valence-electron chi connectivity index (χ0n) is 13.5. The second kappa shape index (κ2) is 7.36. The maximum atomic E-state index is 12.0. The van der Waals surface area contributed by atoms with E-state index in [0.717, 1.165) is 5.69 Å². The van der Waals surface area contributed by atoms with Gasteiger partial charge in [-0.05, 0) is 24.3 Å². The van der Waals surface area contributed by atoms with Gasteiger partial charge in [-0.15, -0.1) is 0 Å². The Bertz CT molecular complexity index is 937. The maximum Gasteiger partial charge on any atom is 0.329 e. The van der Waals surface area contributed by atoms with Crippen molar-refractivity contribution in [2.75, 3.05) is 12.4 Å². The second-order valence-electron chi connectivity index (χ2n) is 5.21. The molecule has 0 aliphatic heterocycles. The van der Waals surface area contributed by atoms with E-state index in [1.807, 2.05) is 42.5 Å². The average molecular weight is 333 g/mol. The zero-order chi connectivity index (χ0) is 17.6. The molecule has 124 valence electrons. The standard InChI is InChI=1S/C18H15N5O2/c1-25-18(24)13(10-19)16-17(21-11-12-6-4-5-9-20-12)23-15-8-3-2-7-14(15)22-16/h2-9,13H,11H2,1H3,(H,21,23)/t13-/m0/s1. The van der Waals surface area contributed by atoms with Crippen LogP contribution in [0, 0.1) is 11.3 Å². The number of carbonyl (C=O) groups excluding carboxylic acids is 1. The van der Waals surface area contributed by atoms with Crippen molar-refractivity contribution in [1.82, 2.24) is 15.0 Å². The summed E-state index contributed by atoms with van der Waals surface area (Å²) in [5, 5.41) is 12.5. The zero-order valence-corrected chi connectivity index (χ0v) is 13.5. The lowest BCUT2D eigenvalue weighted by Gasteiger charge is -2.14. The van der Waals surface area contributed by atoms with E-state index in [1.165, 1.54) is 7.11 Å². The number of nitrogens with one attached hydrogen (secondary N) is 1. The van der Waals surface area contributed by atoms with Gasteiger partial charge in [-0.25, -0.2) is 9.97 Å². The third-order valence-corrected chi connectivity index (χ3v) is 3.60. The maximum absolute atomic E-state index is 12.0. The minimum atomic E-state index is -1.16. The molecular weight excluding hydrogens is 318 g/mol. The molecule has 0 radical (unpaired) electrons. The number of methoxy groups -OCH3 is 1. The van der Waals surface area contributed by atoms with Gasteiger partial charge in [-0.3, -0.25) is 9.78 Å². The van der Waals surface area contributed by atoms with Crippen molar-refractivity contribution in [3.63, 3.8) is 0 Å². The monoisotopic (exact) mass is 333 g/mol. The molecule has 0 fully saturated rings. The summed E-state index contributed by atoms with van der Waals surface area (Å²) in [4.78, 5) is 25.2. The summed E-state index contributed by atoms with van der Waals surface area (Å²) in [6, 6.07) is 14.8. The van der Waals surface area contributed by atoms with E-state index in [-0.39, 0.29) is 5.69 Å². The number of carbonyl (C=O) groups is 1. The molecule has 0 bridgehead atoms. The fourth-order valence-electron chi connectivity index (χ4n) is 2.37. The first-order chi connectivity index (χ1) is 12.2. The minimum Gasteiger partial charge on any atom is -0.468 e. The third-order valence-electron chi connectivity index (χ3n) is 3.60. The van der Waals surface area contributed by atoms with Gasteiger partial charge < -0.3 is 10.1 Å². The second-order valence-corrected chi connectivity index (χ2v) is 5.21. The lowest BCUT2D eigenvalue weighted by Crippen LogP contribution is -2.17. The van der Waals surface area contributed by atoms with Gasteiger partial charge in [0.1, 0.15) is 5.69 Å². The molecule has 1 atom stereocenters. The Kier molecular flexibility index (Phi) is 4.81. The summed E-state index contributed by atoms with van der Waals surface area (Å²) < 4.78 is 4.72. The van der Waals surface area contributed by atoms with E-state index in [2.05, 4.69) is 20.3 Å². The number of fused-ring (bicyclic) bond motifs is 1. The number of aromatic nitrogens is 3. The molecule has 0 aliphatic rings. The molecule has 25 heavy (non-hydrogen) atoms. The highest BCUT2D eigenvalue weighted by Crippen LogP contribution is 2.25. The highest BCUT2D eigenvalue weighted by atomic mass is 16.5. The van der Waals surface area contributed by atoms with Crippen LogP contribution in [0.4, 0.5) is 5.82 Å². The molecule has 0 amide bonds. The number of hydrogen-bond donors (Lipinski definition) is 1. The lowest BCUT2D eigenvalue weighted by molar-refractivity contribution is -0.141.